The van der Waals surface area contributed by atoms with E-state index >= 15 is 0 Å². The van der Waals surface area contributed by atoms with E-state index in [0.29, 0.717) is 31.9 Å². The van der Waals surface area contributed by atoms with Crippen LogP contribution in [0.25, 0.3) is 6.08 Å². The summed E-state index contributed by atoms with van der Waals surface area (Å²) in [6, 6.07) is 7.96. The average molecular weight is 536 g/mol. The van der Waals surface area contributed by atoms with E-state index in [0.717, 1.165) is 46.4 Å². The molecule has 2 aromatic rings. The second-order valence-corrected chi connectivity index (χ2v) is 11.8. The third kappa shape index (κ3) is 4.99. The van der Waals surface area contributed by atoms with Crippen molar-refractivity contribution in [1.29, 1.82) is 0 Å². The smallest absolute Gasteiger partial charge is 0.234 e. The van der Waals surface area contributed by atoms with Crippen LogP contribution in [0.5, 0.6) is 5.75 Å². The molecule has 3 aliphatic rings. The van der Waals surface area contributed by atoms with Crippen LogP contribution in [-0.2, 0) is 25.6 Å². The summed E-state index contributed by atoms with van der Waals surface area (Å²) in [6.07, 6.45) is 5.34. The number of rotatable bonds is 9. The SMILES string of the molecule is CC/C(=C\c1cc(C)c(O)c(C)c1)CC[C@H]1OC[C@H]2C1=C(COC)C[C@H]1C(=O)N(Cc3cccs3)C(=O)[C@H]12. The fourth-order valence-electron chi connectivity index (χ4n) is 6.54. The van der Waals surface area contributed by atoms with E-state index < -0.39 is 0 Å². The van der Waals surface area contributed by atoms with Crippen molar-refractivity contribution in [3.05, 3.63) is 67.9 Å². The third-order valence-corrected chi connectivity index (χ3v) is 9.24. The van der Waals surface area contributed by atoms with Crippen molar-refractivity contribution < 1.29 is 24.2 Å². The Labute approximate surface area is 229 Å². The number of likely N-dealkylation sites (tertiary alicyclic amines) is 1. The van der Waals surface area contributed by atoms with Gasteiger partial charge in [0.25, 0.3) is 0 Å². The maximum Gasteiger partial charge on any atom is 0.234 e. The molecule has 0 bridgehead atoms. The number of thiophene rings is 1. The number of carbonyl (C=O) groups excluding carboxylic acids is 2. The second-order valence-electron chi connectivity index (χ2n) is 10.8. The number of hydrogen-bond donors (Lipinski definition) is 1. The molecule has 1 aliphatic carbocycles. The van der Waals surface area contributed by atoms with Crippen LogP contribution in [0.4, 0.5) is 0 Å². The van der Waals surface area contributed by atoms with Gasteiger partial charge in [-0.1, -0.05) is 24.6 Å². The van der Waals surface area contributed by atoms with Crippen LogP contribution >= 0.6 is 11.3 Å². The van der Waals surface area contributed by atoms with Crippen molar-refractivity contribution >= 4 is 29.2 Å². The Hall–Kier alpha value is -2.74. The minimum absolute atomic E-state index is 0.0520. The molecule has 2 aliphatic heterocycles. The van der Waals surface area contributed by atoms with E-state index in [2.05, 4.69) is 13.0 Å². The molecule has 0 unspecified atom stereocenters. The van der Waals surface area contributed by atoms with Gasteiger partial charge in [0, 0.05) is 17.9 Å². The number of aryl methyl sites for hydroxylation is 2. The Balaban J connectivity index is 1.35. The van der Waals surface area contributed by atoms with Gasteiger partial charge in [0.2, 0.25) is 11.8 Å². The summed E-state index contributed by atoms with van der Waals surface area (Å²) in [5, 5.41) is 12.1. The molecule has 0 saturated carbocycles. The van der Waals surface area contributed by atoms with Crippen LogP contribution in [-0.4, -0.2) is 48.2 Å². The van der Waals surface area contributed by atoms with Gasteiger partial charge in [-0.3, -0.25) is 14.5 Å². The maximum atomic E-state index is 13.6. The number of aromatic hydroxyl groups is 1. The highest BCUT2D eigenvalue weighted by atomic mass is 32.1. The lowest BCUT2D eigenvalue weighted by molar-refractivity contribution is -0.140. The van der Waals surface area contributed by atoms with Gasteiger partial charge in [0.05, 0.1) is 37.7 Å². The highest BCUT2D eigenvalue weighted by Crippen LogP contribution is 2.50. The zero-order valence-corrected chi connectivity index (χ0v) is 23.5. The topological polar surface area (TPSA) is 76.1 Å². The number of ether oxygens (including phenoxy) is 2. The highest BCUT2D eigenvalue weighted by Gasteiger charge is 2.56. The molecular weight excluding hydrogens is 498 g/mol. The molecule has 1 N–H and O–H groups in total. The molecule has 4 atom stereocenters. The molecule has 7 heteroatoms. The summed E-state index contributed by atoms with van der Waals surface area (Å²) in [5.41, 5.74) is 6.50. The molecule has 2 saturated heterocycles. The molecular formula is C31H37NO5S. The van der Waals surface area contributed by atoms with Crippen molar-refractivity contribution in [2.24, 2.45) is 17.8 Å². The fraction of sp³-hybridized carbons (Fsp3) is 0.484. The van der Waals surface area contributed by atoms with Crippen LogP contribution < -0.4 is 0 Å². The van der Waals surface area contributed by atoms with Crippen LogP contribution in [0.3, 0.4) is 0 Å². The average Bonchev–Trinajstić information content (AvgIpc) is 3.62. The minimum atomic E-state index is -0.341. The zero-order chi connectivity index (χ0) is 27.0. The van der Waals surface area contributed by atoms with Gasteiger partial charge >= 0.3 is 0 Å². The number of benzene rings is 1. The summed E-state index contributed by atoms with van der Waals surface area (Å²) >= 11 is 1.57. The Morgan fingerprint density at radius 2 is 1.97 bits per heavy atom. The lowest BCUT2D eigenvalue weighted by Gasteiger charge is -2.31. The van der Waals surface area contributed by atoms with Gasteiger partial charge < -0.3 is 14.6 Å². The van der Waals surface area contributed by atoms with Crippen molar-refractivity contribution in [1.82, 2.24) is 4.90 Å². The molecule has 6 nitrogen and oxygen atoms in total. The molecule has 2 fully saturated rings. The number of fused-ring (bicyclic) bond motifs is 3. The first-order chi connectivity index (χ1) is 18.3. The van der Waals surface area contributed by atoms with Gasteiger partial charge in [-0.2, -0.15) is 0 Å². The second kappa shape index (κ2) is 11.2. The van der Waals surface area contributed by atoms with Crippen molar-refractivity contribution in [2.45, 2.75) is 59.1 Å². The first-order valence-electron chi connectivity index (χ1n) is 13.5. The number of hydrogen-bond acceptors (Lipinski definition) is 6. The van der Waals surface area contributed by atoms with Gasteiger partial charge in [0.1, 0.15) is 5.75 Å². The molecule has 1 aromatic heterocycles. The summed E-state index contributed by atoms with van der Waals surface area (Å²) in [5.74, 6) is -0.482. The Morgan fingerprint density at radius 1 is 1.21 bits per heavy atom. The summed E-state index contributed by atoms with van der Waals surface area (Å²) in [7, 11) is 1.68. The van der Waals surface area contributed by atoms with Crippen molar-refractivity contribution in [2.75, 3.05) is 20.3 Å². The quantitative estimate of drug-likeness (QED) is 0.324. The predicted molar refractivity (Wildman–Crippen MR) is 149 cm³/mol. The Kier molecular flexibility index (Phi) is 7.89. The minimum Gasteiger partial charge on any atom is -0.507 e. The highest BCUT2D eigenvalue weighted by molar-refractivity contribution is 7.09. The summed E-state index contributed by atoms with van der Waals surface area (Å²) in [6.45, 7) is 7.31. The number of allylic oxidation sites excluding steroid dienone is 1. The first-order valence-corrected chi connectivity index (χ1v) is 14.4. The lowest BCUT2D eigenvalue weighted by Crippen LogP contribution is -2.35. The Morgan fingerprint density at radius 3 is 2.63 bits per heavy atom. The van der Waals surface area contributed by atoms with Crippen LogP contribution in [0.15, 0.2) is 46.4 Å². The number of carbonyl (C=O) groups is 2. The summed E-state index contributed by atoms with van der Waals surface area (Å²) < 4.78 is 11.9. The molecule has 3 heterocycles. The van der Waals surface area contributed by atoms with Gasteiger partial charge in [0.15, 0.2) is 0 Å². The standard InChI is InChI=1S/C31H37NO5S/c1-5-20(13-21-11-18(2)29(33)19(3)12-21)8-9-26-27-22(16-36-4)14-24-28(25(27)17-37-26)31(35)32(30(24)34)15-23-7-6-10-38-23/h6-7,10-13,24-26,28,33H,5,8-9,14-17H2,1-4H3/b20-13+/t24-,25+,26-,28-/m1/s1. The van der Waals surface area contributed by atoms with Crippen LogP contribution in [0.2, 0.25) is 0 Å². The Bertz CT molecular complexity index is 1250. The largest absolute Gasteiger partial charge is 0.507 e. The van der Waals surface area contributed by atoms with E-state index in [1.807, 2.05) is 43.5 Å². The molecule has 202 valence electrons. The molecule has 38 heavy (non-hydrogen) atoms. The lowest BCUT2D eigenvalue weighted by atomic mass is 9.69. The third-order valence-electron chi connectivity index (χ3n) is 8.38. The van der Waals surface area contributed by atoms with Crippen LogP contribution in [0.1, 0.15) is 54.2 Å². The number of imide groups is 1. The number of nitrogens with zero attached hydrogens (tertiary/aromatic N) is 1. The normalized spacial score (nSPS) is 25.4. The number of phenols is 1. The summed E-state index contributed by atoms with van der Waals surface area (Å²) in [4.78, 5) is 29.4. The molecule has 5 rings (SSSR count). The van der Waals surface area contributed by atoms with Crippen molar-refractivity contribution in [3.63, 3.8) is 0 Å². The molecule has 1 aromatic carbocycles. The van der Waals surface area contributed by atoms with Gasteiger partial charge in [-0.05, 0) is 90.9 Å². The van der Waals surface area contributed by atoms with Crippen molar-refractivity contribution in [3.8, 4) is 5.75 Å². The van der Waals surface area contributed by atoms with Crippen LogP contribution in [0, 0.1) is 31.6 Å². The number of amides is 2. The van der Waals surface area contributed by atoms with E-state index in [9.17, 15) is 14.7 Å². The van der Waals surface area contributed by atoms with E-state index in [1.54, 1.807) is 18.4 Å². The van der Waals surface area contributed by atoms with E-state index in [4.69, 9.17) is 9.47 Å². The molecule has 0 spiro atoms. The molecule has 2 amide bonds. The van der Waals surface area contributed by atoms with E-state index in [1.165, 1.54) is 16.0 Å². The first kappa shape index (κ1) is 26.9. The van der Waals surface area contributed by atoms with E-state index in [-0.39, 0.29) is 35.7 Å². The van der Waals surface area contributed by atoms with Gasteiger partial charge in [-0.15, -0.1) is 11.3 Å². The number of methoxy groups -OCH3 is 1. The number of phenolic OH excluding ortho intramolecular Hbond substituents is 1. The zero-order valence-electron chi connectivity index (χ0n) is 22.7. The molecule has 0 radical (unpaired) electrons. The monoisotopic (exact) mass is 535 g/mol. The maximum absolute atomic E-state index is 13.6. The predicted octanol–water partition coefficient (Wildman–Crippen LogP) is 5.81. The fourth-order valence-corrected chi connectivity index (χ4v) is 7.23. The van der Waals surface area contributed by atoms with Gasteiger partial charge in [-0.25, -0.2) is 0 Å².